The lowest BCUT2D eigenvalue weighted by Crippen LogP contribution is -2.49. The molecule has 1 aromatic carbocycles. The van der Waals surface area contributed by atoms with Crippen LogP contribution in [0.1, 0.15) is 30.1 Å². The molecule has 0 saturated carbocycles. The molecule has 0 N–H and O–H groups in total. The second-order valence-corrected chi connectivity index (χ2v) is 11.6. The van der Waals surface area contributed by atoms with E-state index < -0.39 is 10.0 Å². The first-order valence-corrected chi connectivity index (χ1v) is 13.9. The number of aromatic nitrogens is 2. The molecule has 3 aromatic rings. The van der Waals surface area contributed by atoms with E-state index in [0.717, 1.165) is 34.9 Å². The fourth-order valence-electron chi connectivity index (χ4n) is 4.26. The van der Waals surface area contributed by atoms with Crippen molar-refractivity contribution in [3.8, 4) is 5.75 Å². The van der Waals surface area contributed by atoms with Gasteiger partial charge in [0, 0.05) is 31.1 Å². The number of thiophene rings is 1. The van der Waals surface area contributed by atoms with Crippen LogP contribution in [-0.2, 0) is 16.6 Å². The highest BCUT2D eigenvalue weighted by Crippen LogP contribution is 2.36. The molecule has 0 amide bonds. The predicted molar refractivity (Wildman–Crippen MR) is 137 cm³/mol. The van der Waals surface area contributed by atoms with Crippen molar-refractivity contribution in [3.63, 3.8) is 0 Å². The van der Waals surface area contributed by atoms with Gasteiger partial charge in [0.1, 0.15) is 22.2 Å². The van der Waals surface area contributed by atoms with Crippen molar-refractivity contribution >= 4 is 37.4 Å². The minimum atomic E-state index is -3.56. The van der Waals surface area contributed by atoms with Gasteiger partial charge >= 0.3 is 0 Å². The first-order valence-electron chi connectivity index (χ1n) is 11.7. The van der Waals surface area contributed by atoms with Gasteiger partial charge in [0.2, 0.25) is 10.0 Å². The van der Waals surface area contributed by atoms with E-state index in [-0.39, 0.29) is 4.90 Å². The SMILES string of the molecule is CCN(CC)Cc1nc(N2CCN(S(=O)(=O)c3ccc(OC)cc3)CC2)c2c(C)c(C)sc2n1. The van der Waals surface area contributed by atoms with E-state index in [2.05, 4.69) is 37.5 Å². The fourth-order valence-corrected chi connectivity index (χ4v) is 6.72. The summed E-state index contributed by atoms with van der Waals surface area (Å²) in [6.45, 7) is 13.1. The summed E-state index contributed by atoms with van der Waals surface area (Å²) in [6, 6.07) is 6.57. The Balaban J connectivity index is 1.59. The summed E-state index contributed by atoms with van der Waals surface area (Å²) in [5.41, 5.74) is 1.21. The largest absolute Gasteiger partial charge is 0.497 e. The molecule has 1 aliphatic heterocycles. The van der Waals surface area contributed by atoms with Crippen molar-refractivity contribution in [2.24, 2.45) is 0 Å². The summed E-state index contributed by atoms with van der Waals surface area (Å²) < 4.78 is 33.1. The normalized spacial score (nSPS) is 15.4. The Morgan fingerprint density at radius 1 is 1.03 bits per heavy atom. The number of nitrogens with zero attached hydrogens (tertiary/aromatic N) is 5. The van der Waals surface area contributed by atoms with Gasteiger partial charge in [0.05, 0.1) is 23.9 Å². The zero-order chi connectivity index (χ0) is 24.5. The Morgan fingerprint density at radius 3 is 2.26 bits per heavy atom. The van der Waals surface area contributed by atoms with Crippen LogP contribution in [0.25, 0.3) is 10.2 Å². The van der Waals surface area contributed by atoms with E-state index in [9.17, 15) is 8.42 Å². The molecule has 8 nitrogen and oxygen atoms in total. The van der Waals surface area contributed by atoms with Crippen LogP contribution < -0.4 is 9.64 Å². The van der Waals surface area contributed by atoms with Crippen LogP contribution in [0, 0.1) is 13.8 Å². The van der Waals surface area contributed by atoms with Crippen molar-refractivity contribution in [2.75, 3.05) is 51.3 Å². The molecule has 0 aliphatic carbocycles. The molecule has 10 heteroatoms. The smallest absolute Gasteiger partial charge is 0.243 e. The number of anilines is 1. The van der Waals surface area contributed by atoms with Crippen LogP contribution >= 0.6 is 11.3 Å². The predicted octanol–water partition coefficient (Wildman–Crippen LogP) is 3.67. The molecule has 0 radical (unpaired) electrons. The van der Waals surface area contributed by atoms with Crippen LogP contribution in [0.4, 0.5) is 5.82 Å². The van der Waals surface area contributed by atoms with Crippen LogP contribution in [0.2, 0.25) is 0 Å². The molecule has 1 saturated heterocycles. The number of rotatable bonds is 8. The Morgan fingerprint density at radius 2 is 1.68 bits per heavy atom. The zero-order valence-electron chi connectivity index (χ0n) is 20.5. The topological polar surface area (TPSA) is 78.9 Å². The van der Waals surface area contributed by atoms with Crippen LogP contribution in [-0.4, -0.2) is 74.0 Å². The number of hydrogen-bond acceptors (Lipinski definition) is 8. The Hall–Kier alpha value is -2.27. The summed E-state index contributed by atoms with van der Waals surface area (Å²) in [5.74, 6) is 2.38. The summed E-state index contributed by atoms with van der Waals surface area (Å²) in [7, 11) is -1.99. The molecule has 2 aromatic heterocycles. The van der Waals surface area contributed by atoms with Crippen molar-refractivity contribution in [3.05, 3.63) is 40.5 Å². The number of sulfonamides is 1. The molecule has 0 unspecified atom stereocenters. The standard InChI is InChI=1S/C24H33N5O3S2/c1-6-27(7-2)16-21-25-23(22-17(3)18(4)33-24(22)26-21)28-12-14-29(15-13-28)34(30,31)20-10-8-19(32-5)9-11-20/h8-11H,6-7,12-16H2,1-5H3. The number of methoxy groups -OCH3 is 1. The van der Waals surface area contributed by atoms with Gasteiger partial charge in [-0.3, -0.25) is 4.90 Å². The van der Waals surface area contributed by atoms with Crippen molar-refractivity contribution in [1.29, 1.82) is 0 Å². The lowest BCUT2D eigenvalue weighted by Gasteiger charge is -2.35. The van der Waals surface area contributed by atoms with E-state index in [1.165, 1.54) is 10.4 Å². The van der Waals surface area contributed by atoms with Crippen molar-refractivity contribution in [2.45, 2.75) is 39.1 Å². The van der Waals surface area contributed by atoms with E-state index in [0.29, 0.717) is 38.5 Å². The van der Waals surface area contributed by atoms with Gasteiger partial charge in [0.25, 0.3) is 0 Å². The van der Waals surface area contributed by atoms with Crippen molar-refractivity contribution in [1.82, 2.24) is 19.2 Å². The zero-order valence-corrected chi connectivity index (χ0v) is 22.2. The fraction of sp³-hybridized carbons (Fsp3) is 0.500. The molecule has 3 heterocycles. The molecule has 34 heavy (non-hydrogen) atoms. The molecular formula is C24H33N5O3S2. The lowest BCUT2D eigenvalue weighted by atomic mass is 10.2. The van der Waals surface area contributed by atoms with Gasteiger partial charge in [-0.15, -0.1) is 11.3 Å². The summed E-state index contributed by atoms with van der Waals surface area (Å²) in [6.07, 6.45) is 0. The Labute approximate surface area is 206 Å². The van der Waals surface area contributed by atoms with Crippen LogP contribution in [0.3, 0.4) is 0 Å². The maximum absolute atomic E-state index is 13.2. The maximum atomic E-state index is 13.2. The minimum Gasteiger partial charge on any atom is -0.497 e. The number of benzene rings is 1. The highest BCUT2D eigenvalue weighted by atomic mass is 32.2. The number of piperazine rings is 1. The molecule has 0 spiro atoms. The third-order valence-corrected chi connectivity index (χ3v) is 9.56. The van der Waals surface area contributed by atoms with E-state index in [1.807, 2.05) is 0 Å². The highest BCUT2D eigenvalue weighted by molar-refractivity contribution is 7.89. The van der Waals surface area contributed by atoms with E-state index in [4.69, 9.17) is 14.7 Å². The van der Waals surface area contributed by atoms with Gasteiger partial charge in [0.15, 0.2) is 0 Å². The number of aryl methyl sites for hydroxylation is 2. The molecular weight excluding hydrogens is 470 g/mol. The Kier molecular flexibility index (Phi) is 7.42. The second kappa shape index (κ2) is 10.2. The van der Waals surface area contributed by atoms with Gasteiger partial charge in [-0.25, -0.2) is 18.4 Å². The van der Waals surface area contributed by atoms with Gasteiger partial charge in [-0.1, -0.05) is 13.8 Å². The molecule has 1 fully saturated rings. The lowest BCUT2D eigenvalue weighted by molar-refractivity contribution is 0.288. The Bertz CT molecular complexity index is 1250. The van der Waals surface area contributed by atoms with Gasteiger partial charge in [-0.2, -0.15) is 4.31 Å². The average molecular weight is 504 g/mol. The molecule has 4 rings (SSSR count). The first-order chi connectivity index (χ1) is 16.3. The number of ether oxygens (including phenoxy) is 1. The van der Waals surface area contributed by atoms with Crippen LogP contribution in [0.15, 0.2) is 29.2 Å². The second-order valence-electron chi connectivity index (χ2n) is 8.45. The summed E-state index contributed by atoms with van der Waals surface area (Å²) >= 11 is 1.71. The average Bonchev–Trinajstić information content (AvgIpc) is 3.15. The summed E-state index contributed by atoms with van der Waals surface area (Å²) in [5, 5.41) is 1.09. The molecule has 184 valence electrons. The molecule has 0 atom stereocenters. The quantitative estimate of drug-likeness (QED) is 0.464. The number of fused-ring (bicyclic) bond motifs is 1. The third kappa shape index (κ3) is 4.77. The van der Waals surface area contributed by atoms with E-state index in [1.54, 1.807) is 47.0 Å². The van der Waals surface area contributed by atoms with Crippen molar-refractivity contribution < 1.29 is 13.2 Å². The van der Waals surface area contributed by atoms with E-state index >= 15 is 0 Å². The van der Waals surface area contributed by atoms with Gasteiger partial charge < -0.3 is 9.64 Å². The van der Waals surface area contributed by atoms with Crippen LogP contribution in [0.5, 0.6) is 5.75 Å². The monoisotopic (exact) mass is 503 g/mol. The highest BCUT2D eigenvalue weighted by Gasteiger charge is 2.30. The van der Waals surface area contributed by atoms with Gasteiger partial charge in [-0.05, 0) is 56.8 Å². The molecule has 0 bridgehead atoms. The first kappa shape index (κ1) is 24.8. The summed E-state index contributed by atoms with van der Waals surface area (Å²) in [4.78, 5) is 16.9. The molecule has 1 aliphatic rings. The maximum Gasteiger partial charge on any atom is 0.243 e. The number of hydrogen-bond donors (Lipinski definition) is 0. The minimum absolute atomic E-state index is 0.289. The third-order valence-electron chi connectivity index (χ3n) is 6.55.